The van der Waals surface area contributed by atoms with Crippen LogP contribution in [0.4, 0.5) is 14.5 Å². The molecular formula is C28H24F2N6O3. The number of amides is 2. The minimum Gasteiger partial charge on any atom is -0.366 e. The van der Waals surface area contributed by atoms with E-state index < -0.39 is 23.4 Å². The maximum atomic E-state index is 14.6. The Kier molecular flexibility index (Phi) is 6.35. The van der Waals surface area contributed by atoms with Crippen molar-refractivity contribution in [3.63, 3.8) is 0 Å². The summed E-state index contributed by atoms with van der Waals surface area (Å²) >= 11 is 0. The largest absolute Gasteiger partial charge is 0.366 e. The lowest BCUT2D eigenvalue weighted by atomic mass is 10.1. The number of benzene rings is 3. The standard InChI is InChI=1S/C28H24F2N6O3/c1-4-35-24(16-5-8-20(9-6-16)36-15(2)33-34(3)28(36)39)12-17-11-18(29)13-22(25(17)35)27(38)32-19-7-10-23(30)21(14-19)26(31)37/h5-14H,4H2,1-3H3,(H2,31,37)(H,32,38). The SMILES string of the molecule is CCn1c(-c2ccc(-n3c(C)nn(C)c3=O)cc2)cc2cc(F)cc(C(=O)Nc3ccc(F)c(C(N)=O)c3)c21. The summed E-state index contributed by atoms with van der Waals surface area (Å²) in [5, 5.41) is 7.27. The van der Waals surface area contributed by atoms with Gasteiger partial charge in [0.1, 0.15) is 17.5 Å². The Bertz CT molecular complexity index is 1830. The summed E-state index contributed by atoms with van der Waals surface area (Å²) in [4.78, 5) is 37.2. The van der Waals surface area contributed by atoms with Gasteiger partial charge in [0.05, 0.1) is 22.3 Å². The molecule has 5 aromatic rings. The van der Waals surface area contributed by atoms with Crippen LogP contribution in [0.25, 0.3) is 27.8 Å². The molecule has 0 saturated heterocycles. The second kappa shape index (κ2) is 9.67. The first-order chi connectivity index (χ1) is 18.6. The third kappa shape index (κ3) is 4.48. The first-order valence-corrected chi connectivity index (χ1v) is 12.1. The van der Waals surface area contributed by atoms with Crippen LogP contribution in [0.2, 0.25) is 0 Å². The van der Waals surface area contributed by atoms with Gasteiger partial charge in [-0.1, -0.05) is 12.1 Å². The van der Waals surface area contributed by atoms with E-state index in [-0.39, 0.29) is 22.5 Å². The van der Waals surface area contributed by atoms with Crippen LogP contribution < -0.4 is 16.7 Å². The molecule has 0 saturated carbocycles. The van der Waals surface area contributed by atoms with E-state index >= 15 is 0 Å². The van der Waals surface area contributed by atoms with Gasteiger partial charge in [-0.25, -0.2) is 22.8 Å². The number of halogens is 2. The highest BCUT2D eigenvalue weighted by atomic mass is 19.1. The maximum absolute atomic E-state index is 14.6. The molecule has 0 aliphatic carbocycles. The van der Waals surface area contributed by atoms with Crippen LogP contribution in [-0.4, -0.2) is 30.7 Å². The molecular weight excluding hydrogens is 506 g/mol. The normalized spacial score (nSPS) is 11.2. The molecule has 0 unspecified atom stereocenters. The monoisotopic (exact) mass is 530 g/mol. The number of aryl methyl sites for hydroxylation is 3. The topological polar surface area (TPSA) is 117 Å². The van der Waals surface area contributed by atoms with E-state index in [2.05, 4.69) is 10.4 Å². The summed E-state index contributed by atoms with van der Waals surface area (Å²) in [7, 11) is 1.58. The minimum absolute atomic E-state index is 0.0669. The number of carbonyl (C=O) groups is 2. The molecule has 0 atom stereocenters. The second-order valence-electron chi connectivity index (χ2n) is 9.01. The van der Waals surface area contributed by atoms with Crippen LogP contribution in [0, 0.1) is 18.6 Å². The van der Waals surface area contributed by atoms with E-state index in [1.165, 1.54) is 21.4 Å². The number of rotatable bonds is 6. The number of carbonyl (C=O) groups excluding carboxylic acids is 2. The number of hydrogen-bond donors (Lipinski definition) is 2. The third-order valence-electron chi connectivity index (χ3n) is 6.52. The fourth-order valence-electron chi connectivity index (χ4n) is 4.77. The van der Waals surface area contributed by atoms with Crippen LogP contribution in [0.15, 0.2) is 65.5 Å². The number of nitrogens with zero attached hydrogens (tertiary/aromatic N) is 4. The Morgan fingerprint density at radius 1 is 1.00 bits per heavy atom. The van der Waals surface area contributed by atoms with Crippen LogP contribution in [0.5, 0.6) is 0 Å². The van der Waals surface area contributed by atoms with Gasteiger partial charge >= 0.3 is 5.69 Å². The summed E-state index contributed by atoms with van der Waals surface area (Å²) in [5.41, 5.74) is 7.47. The molecule has 0 fully saturated rings. The zero-order valence-electron chi connectivity index (χ0n) is 21.3. The van der Waals surface area contributed by atoms with Gasteiger partial charge < -0.3 is 15.6 Å². The molecule has 39 heavy (non-hydrogen) atoms. The van der Waals surface area contributed by atoms with E-state index in [9.17, 15) is 23.2 Å². The average molecular weight is 531 g/mol. The van der Waals surface area contributed by atoms with Gasteiger partial charge in [-0.05, 0) is 67.9 Å². The Morgan fingerprint density at radius 2 is 1.72 bits per heavy atom. The predicted octanol–water partition coefficient (Wildman–Crippen LogP) is 4.15. The molecule has 0 bridgehead atoms. The highest BCUT2D eigenvalue weighted by molar-refractivity contribution is 6.13. The van der Waals surface area contributed by atoms with Gasteiger partial charge in [0.15, 0.2) is 0 Å². The molecule has 0 radical (unpaired) electrons. The van der Waals surface area contributed by atoms with Crippen molar-refractivity contribution in [3.05, 3.63) is 99.7 Å². The lowest BCUT2D eigenvalue weighted by Gasteiger charge is -2.13. The van der Waals surface area contributed by atoms with Crippen molar-refractivity contribution in [2.75, 3.05) is 5.32 Å². The number of fused-ring (bicyclic) bond motifs is 1. The van der Waals surface area contributed by atoms with Gasteiger partial charge in [0.2, 0.25) is 0 Å². The third-order valence-corrected chi connectivity index (χ3v) is 6.52. The first-order valence-electron chi connectivity index (χ1n) is 12.1. The Balaban J connectivity index is 1.57. The highest BCUT2D eigenvalue weighted by Crippen LogP contribution is 2.32. The second-order valence-corrected chi connectivity index (χ2v) is 9.01. The summed E-state index contributed by atoms with van der Waals surface area (Å²) < 4.78 is 33.2. The number of nitrogens with two attached hydrogens (primary N) is 1. The first kappa shape index (κ1) is 25.6. The van der Waals surface area contributed by atoms with Crippen LogP contribution >= 0.6 is 0 Å². The van der Waals surface area contributed by atoms with Crippen molar-refractivity contribution in [3.8, 4) is 16.9 Å². The molecule has 3 N–H and O–H groups in total. The molecule has 0 aliphatic heterocycles. The smallest absolute Gasteiger partial charge is 0.350 e. The fraction of sp³-hybridized carbons (Fsp3) is 0.143. The molecule has 9 nitrogen and oxygen atoms in total. The summed E-state index contributed by atoms with van der Waals surface area (Å²) in [6.07, 6.45) is 0. The van der Waals surface area contributed by atoms with E-state index in [0.29, 0.717) is 29.0 Å². The number of anilines is 1. The minimum atomic E-state index is -0.976. The van der Waals surface area contributed by atoms with Crippen molar-refractivity contribution in [1.82, 2.24) is 18.9 Å². The van der Waals surface area contributed by atoms with E-state index in [4.69, 9.17) is 5.73 Å². The summed E-state index contributed by atoms with van der Waals surface area (Å²) in [6, 6.07) is 15.0. The average Bonchev–Trinajstić information content (AvgIpc) is 3.39. The van der Waals surface area contributed by atoms with Crippen molar-refractivity contribution in [2.45, 2.75) is 20.4 Å². The molecule has 11 heteroatoms. The molecule has 2 aromatic heterocycles. The van der Waals surface area contributed by atoms with Crippen molar-refractivity contribution in [2.24, 2.45) is 12.8 Å². The molecule has 3 aromatic carbocycles. The predicted molar refractivity (Wildman–Crippen MR) is 143 cm³/mol. The number of aromatic nitrogens is 4. The fourth-order valence-corrected chi connectivity index (χ4v) is 4.77. The van der Waals surface area contributed by atoms with E-state index in [1.54, 1.807) is 32.2 Å². The molecule has 2 amide bonds. The molecule has 0 aliphatic rings. The van der Waals surface area contributed by atoms with E-state index in [1.807, 2.05) is 23.6 Å². The van der Waals surface area contributed by atoms with Crippen LogP contribution in [0.1, 0.15) is 33.5 Å². The van der Waals surface area contributed by atoms with Gasteiger partial charge in [-0.15, -0.1) is 0 Å². The zero-order chi connectivity index (χ0) is 28.0. The Morgan fingerprint density at radius 3 is 2.33 bits per heavy atom. The number of primary amides is 1. The Labute approximate surface area is 221 Å². The lowest BCUT2D eigenvalue weighted by molar-refractivity contribution is 0.0992. The number of nitrogens with one attached hydrogen (secondary N) is 1. The lowest BCUT2D eigenvalue weighted by Crippen LogP contribution is -2.21. The quantitative estimate of drug-likeness (QED) is 0.343. The van der Waals surface area contributed by atoms with Crippen LogP contribution in [0.3, 0.4) is 0 Å². The Hall–Kier alpha value is -5.06. The zero-order valence-corrected chi connectivity index (χ0v) is 21.3. The van der Waals surface area contributed by atoms with Gasteiger partial charge in [0, 0.05) is 30.4 Å². The van der Waals surface area contributed by atoms with Gasteiger partial charge in [-0.2, -0.15) is 5.10 Å². The van der Waals surface area contributed by atoms with Gasteiger partial charge in [-0.3, -0.25) is 9.59 Å². The maximum Gasteiger partial charge on any atom is 0.350 e. The van der Waals surface area contributed by atoms with Crippen LogP contribution in [-0.2, 0) is 13.6 Å². The number of hydrogen-bond acceptors (Lipinski definition) is 4. The van der Waals surface area contributed by atoms with E-state index in [0.717, 1.165) is 29.5 Å². The molecule has 0 spiro atoms. The molecule has 5 rings (SSSR count). The molecule has 198 valence electrons. The molecule has 2 heterocycles. The summed E-state index contributed by atoms with van der Waals surface area (Å²) in [6.45, 7) is 4.11. The van der Waals surface area contributed by atoms with Gasteiger partial charge in [0.25, 0.3) is 11.8 Å². The summed E-state index contributed by atoms with van der Waals surface area (Å²) in [5.74, 6) is -2.48. The van der Waals surface area contributed by atoms with Crippen molar-refractivity contribution >= 4 is 28.4 Å². The van der Waals surface area contributed by atoms with Crippen molar-refractivity contribution < 1.29 is 18.4 Å². The highest BCUT2D eigenvalue weighted by Gasteiger charge is 2.20. The van der Waals surface area contributed by atoms with Crippen molar-refractivity contribution in [1.29, 1.82) is 0 Å².